The van der Waals surface area contributed by atoms with Gasteiger partial charge >= 0.3 is 5.97 Å². The number of rotatable bonds is 4. The lowest BCUT2D eigenvalue weighted by Crippen LogP contribution is -2.36. The molecular weight excluding hydrogens is 328 g/mol. The van der Waals surface area contributed by atoms with Crippen LogP contribution in [0, 0.1) is 0 Å². The van der Waals surface area contributed by atoms with Gasteiger partial charge in [0.05, 0.1) is 12.2 Å². The Kier molecular flexibility index (Phi) is 5.54. The van der Waals surface area contributed by atoms with Crippen molar-refractivity contribution in [2.24, 2.45) is 0 Å². The van der Waals surface area contributed by atoms with E-state index >= 15 is 0 Å². The van der Waals surface area contributed by atoms with Crippen molar-refractivity contribution in [3.8, 4) is 0 Å². The van der Waals surface area contributed by atoms with Gasteiger partial charge in [0, 0.05) is 10.9 Å². The quantitative estimate of drug-likeness (QED) is 0.633. The van der Waals surface area contributed by atoms with Gasteiger partial charge in [-0.25, -0.2) is 4.79 Å². The number of carbonyl (C=O) groups excluding carboxylic acids is 1. The van der Waals surface area contributed by atoms with Crippen molar-refractivity contribution >= 4 is 39.6 Å². The Morgan fingerprint density at radius 3 is 2.74 bits per heavy atom. The molecule has 2 aliphatic rings. The Labute approximate surface area is 147 Å². The summed E-state index contributed by atoms with van der Waals surface area (Å²) in [6.45, 7) is 2.24. The van der Waals surface area contributed by atoms with Gasteiger partial charge in [0.25, 0.3) is 0 Å². The SMILES string of the molecule is CCOC(=O)c1c(NC(=S)NC2CCCC2)sc2c1CCCC2. The third kappa shape index (κ3) is 3.86. The van der Waals surface area contributed by atoms with Crippen LogP contribution in [0.2, 0.25) is 0 Å². The molecule has 0 amide bonds. The van der Waals surface area contributed by atoms with E-state index in [1.165, 1.54) is 42.5 Å². The van der Waals surface area contributed by atoms with Crippen LogP contribution < -0.4 is 10.6 Å². The number of thiophene rings is 1. The molecule has 6 heteroatoms. The first kappa shape index (κ1) is 16.7. The first-order valence-electron chi connectivity index (χ1n) is 8.58. The Bertz CT molecular complexity index is 592. The summed E-state index contributed by atoms with van der Waals surface area (Å²) in [7, 11) is 0. The zero-order valence-corrected chi connectivity index (χ0v) is 15.2. The van der Waals surface area contributed by atoms with Crippen LogP contribution in [0.3, 0.4) is 0 Å². The van der Waals surface area contributed by atoms with E-state index in [0.29, 0.717) is 23.3 Å². The molecule has 0 aliphatic heterocycles. The maximum atomic E-state index is 12.4. The van der Waals surface area contributed by atoms with Crippen molar-refractivity contribution in [1.29, 1.82) is 0 Å². The molecule has 0 aromatic carbocycles. The number of aryl methyl sites for hydroxylation is 1. The van der Waals surface area contributed by atoms with E-state index in [0.717, 1.165) is 24.3 Å². The van der Waals surface area contributed by atoms with Crippen LogP contribution >= 0.6 is 23.6 Å². The second-order valence-corrected chi connectivity index (χ2v) is 7.73. The fourth-order valence-electron chi connectivity index (χ4n) is 3.47. The van der Waals surface area contributed by atoms with Crippen molar-refractivity contribution in [1.82, 2.24) is 5.32 Å². The molecule has 126 valence electrons. The van der Waals surface area contributed by atoms with Crippen LogP contribution in [-0.2, 0) is 17.6 Å². The monoisotopic (exact) mass is 352 g/mol. The fourth-order valence-corrected chi connectivity index (χ4v) is 5.08. The molecule has 2 aliphatic carbocycles. The Balaban J connectivity index is 1.78. The summed E-state index contributed by atoms with van der Waals surface area (Å²) in [5, 5.41) is 8.13. The summed E-state index contributed by atoms with van der Waals surface area (Å²) in [6, 6.07) is 0.468. The highest BCUT2D eigenvalue weighted by molar-refractivity contribution is 7.80. The van der Waals surface area contributed by atoms with E-state index in [9.17, 15) is 4.79 Å². The van der Waals surface area contributed by atoms with Gasteiger partial charge in [-0.05, 0) is 63.2 Å². The maximum absolute atomic E-state index is 12.4. The standard InChI is InChI=1S/C17H24N2O2S2/c1-2-21-16(20)14-12-9-5-6-10-13(12)23-15(14)19-17(22)18-11-7-3-4-8-11/h11H,2-10H2,1H3,(H2,18,19,22). The minimum atomic E-state index is -0.224. The van der Waals surface area contributed by atoms with Crippen molar-refractivity contribution in [3.05, 3.63) is 16.0 Å². The maximum Gasteiger partial charge on any atom is 0.341 e. The summed E-state index contributed by atoms with van der Waals surface area (Å²) in [5.74, 6) is -0.224. The van der Waals surface area contributed by atoms with Gasteiger partial charge in [0.15, 0.2) is 5.11 Å². The largest absolute Gasteiger partial charge is 0.462 e. The molecule has 4 nitrogen and oxygen atoms in total. The Morgan fingerprint density at radius 2 is 2.00 bits per heavy atom. The van der Waals surface area contributed by atoms with Crippen LogP contribution in [0.15, 0.2) is 0 Å². The molecule has 1 fully saturated rings. The summed E-state index contributed by atoms with van der Waals surface area (Å²) in [6.07, 6.45) is 9.23. The van der Waals surface area contributed by atoms with Crippen molar-refractivity contribution in [3.63, 3.8) is 0 Å². The van der Waals surface area contributed by atoms with Crippen molar-refractivity contribution in [2.75, 3.05) is 11.9 Å². The van der Waals surface area contributed by atoms with Crippen molar-refractivity contribution < 1.29 is 9.53 Å². The molecule has 0 saturated heterocycles. The number of esters is 1. The molecule has 1 aromatic rings. The van der Waals surface area contributed by atoms with Gasteiger partial charge in [0.1, 0.15) is 5.00 Å². The van der Waals surface area contributed by atoms with Gasteiger partial charge in [-0.3, -0.25) is 0 Å². The highest BCUT2D eigenvalue weighted by Gasteiger charge is 2.27. The number of hydrogen-bond donors (Lipinski definition) is 2. The first-order valence-corrected chi connectivity index (χ1v) is 9.80. The average molecular weight is 353 g/mol. The van der Waals surface area contributed by atoms with Gasteiger partial charge in [0.2, 0.25) is 0 Å². The van der Waals surface area contributed by atoms with Crippen LogP contribution in [0.5, 0.6) is 0 Å². The summed E-state index contributed by atoms with van der Waals surface area (Å²) >= 11 is 7.12. The molecule has 3 rings (SSSR count). The van der Waals surface area contributed by atoms with Gasteiger partial charge < -0.3 is 15.4 Å². The molecule has 0 spiro atoms. The number of fused-ring (bicyclic) bond motifs is 1. The number of ether oxygens (including phenoxy) is 1. The molecule has 1 aromatic heterocycles. The lowest BCUT2D eigenvalue weighted by Gasteiger charge is -2.16. The molecule has 23 heavy (non-hydrogen) atoms. The topological polar surface area (TPSA) is 50.4 Å². The summed E-state index contributed by atoms with van der Waals surface area (Å²) < 4.78 is 5.27. The molecule has 0 bridgehead atoms. The lowest BCUT2D eigenvalue weighted by molar-refractivity contribution is 0.0526. The fraction of sp³-hybridized carbons (Fsp3) is 0.647. The zero-order chi connectivity index (χ0) is 16.2. The summed E-state index contributed by atoms with van der Waals surface area (Å²) in [4.78, 5) is 13.7. The van der Waals surface area contributed by atoms with E-state index in [1.54, 1.807) is 11.3 Å². The zero-order valence-electron chi connectivity index (χ0n) is 13.6. The molecule has 0 atom stereocenters. The van der Waals surface area contributed by atoms with Gasteiger partial charge in [-0.1, -0.05) is 12.8 Å². The number of hydrogen-bond acceptors (Lipinski definition) is 4. The first-order chi connectivity index (χ1) is 11.2. The van der Waals surface area contributed by atoms with Crippen molar-refractivity contribution in [2.45, 2.75) is 64.3 Å². The van der Waals surface area contributed by atoms with E-state index in [1.807, 2.05) is 6.92 Å². The Morgan fingerprint density at radius 1 is 1.26 bits per heavy atom. The molecule has 1 saturated carbocycles. The van der Waals surface area contributed by atoms with Gasteiger partial charge in [-0.2, -0.15) is 0 Å². The van der Waals surface area contributed by atoms with E-state index in [4.69, 9.17) is 17.0 Å². The smallest absolute Gasteiger partial charge is 0.341 e. The molecule has 2 N–H and O–H groups in total. The van der Waals surface area contributed by atoms with E-state index < -0.39 is 0 Å². The highest BCUT2D eigenvalue weighted by atomic mass is 32.1. The predicted molar refractivity (Wildman–Crippen MR) is 98.5 cm³/mol. The van der Waals surface area contributed by atoms with E-state index in [-0.39, 0.29) is 5.97 Å². The van der Waals surface area contributed by atoms with E-state index in [2.05, 4.69) is 10.6 Å². The number of nitrogens with one attached hydrogen (secondary N) is 2. The van der Waals surface area contributed by atoms with Gasteiger partial charge in [-0.15, -0.1) is 11.3 Å². The Hall–Kier alpha value is -1.14. The van der Waals surface area contributed by atoms with Crippen LogP contribution in [0.4, 0.5) is 5.00 Å². The predicted octanol–water partition coefficient (Wildman–Crippen LogP) is 4.03. The molecular formula is C17H24N2O2S2. The number of carbonyl (C=O) groups is 1. The molecule has 0 radical (unpaired) electrons. The highest BCUT2D eigenvalue weighted by Crippen LogP contribution is 2.38. The number of anilines is 1. The van der Waals surface area contributed by atoms with Crippen LogP contribution in [-0.4, -0.2) is 23.7 Å². The molecule has 1 heterocycles. The summed E-state index contributed by atoms with van der Waals surface area (Å²) in [5.41, 5.74) is 1.88. The third-order valence-electron chi connectivity index (χ3n) is 4.57. The second-order valence-electron chi connectivity index (χ2n) is 6.22. The lowest BCUT2D eigenvalue weighted by atomic mass is 9.95. The van der Waals surface area contributed by atoms with Crippen LogP contribution in [0.1, 0.15) is 66.2 Å². The third-order valence-corrected chi connectivity index (χ3v) is 6.00. The minimum absolute atomic E-state index is 0.224. The van der Waals surface area contributed by atoms with Crippen LogP contribution in [0.25, 0.3) is 0 Å². The minimum Gasteiger partial charge on any atom is -0.462 e. The second kappa shape index (κ2) is 7.62. The molecule has 0 unspecified atom stereocenters. The normalized spacial score (nSPS) is 17.6. The average Bonchev–Trinajstić information content (AvgIpc) is 3.14. The number of thiocarbonyl (C=S) groups is 1.